The summed E-state index contributed by atoms with van der Waals surface area (Å²) in [7, 11) is 0. The molecule has 0 spiro atoms. The minimum absolute atomic E-state index is 0.0106. The van der Waals surface area contributed by atoms with E-state index in [1.807, 2.05) is 71.9 Å². The summed E-state index contributed by atoms with van der Waals surface area (Å²) in [6.45, 7) is 15.0. The molecule has 1 aromatic rings. The molecular formula is C36H59N5O4S. The minimum Gasteiger partial charge on any atom is -0.390 e. The number of aliphatic hydroxyl groups is 1. The van der Waals surface area contributed by atoms with Crippen molar-refractivity contribution in [1.29, 1.82) is 0 Å². The molecule has 2 heterocycles. The molecule has 258 valence electrons. The predicted molar refractivity (Wildman–Crippen MR) is 185 cm³/mol. The number of rotatable bonds is 12. The van der Waals surface area contributed by atoms with Gasteiger partial charge >= 0.3 is 0 Å². The van der Waals surface area contributed by atoms with Gasteiger partial charge in [-0.25, -0.2) is 0 Å². The van der Waals surface area contributed by atoms with Crippen LogP contribution in [0.25, 0.3) is 0 Å². The summed E-state index contributed by atoms with van der Waals surface area (Å²) in [5.41, 5.74) is -0.888. The number of piperidine rings is 1. The van der Waals surface area contributed by atoms with Gasteiger partial charge in [0.05, 0.1) is 24.7 Å². The Bertz CT molecular complexity index is 1150. The summed E-state index contributed by atoms with van der Waals surface area (Å²) >= 11 is 1.58. The number of nitrogens with one attached hydrogen (secondary N) is 3. The lowest BCUT2D eigenvalue weighted by Gasteiger charge is -2.47. The van der Waals surface area contributed by atoms with E-state index >= 15 is 0 Å². The number of likely N-dealkylation sites (tertiary alicyclic amines) is 2. The van der Waals surface area contributed by atoms with Crippen molar-refractivity contribution >= 4 is 29.5 Å². The van der Waals surface area contributed by atoms with E-state index in [2.05, 4.69) is 25.8 Å². The number of thioether (sulfide) groups is 1. The number of aliphatic hydroxyl groups excluding tert-OH is 1. The maximum Gasteiger partial charge on any atom is 0.243 e. The van der Waals surface area contributed by atoms with Gasteiger partial charge in [0.25, 0.3) is 0 Å². The molecule has 0 aromatic heterocycles. The van der Waals surface area contributed by atoms with Crippen LogP contribution in [0.15, 0.2) is 35.2 Å². The van der Waals surface area contributed by atoms with Crippen molar-refractivity contribution in [2.75, 3.05) is 38.5 Å². The van der Waals surface area contributed by atoms with Gasteiger partial charge in [0, 0.05) is 29.3 Å². The Morgan fingerprint density at radius 3 is 2.22 bits per heavy atom. The topological polar surface area (TPSA) is 114 Å². The summed E-state index contributed by atoms with van der Waals surface area (Å²) in [5, 5.41) is 21.2. The van der Waals surface area contributed by atoms with Gasteiger partial charge in [0.1, 0.15) is 6.04 Å². The molecule has 10 heteroatoms. The fraction of sp³-hybridized carbons (Fsp3) is 0.750. The summed E-state index contributed by atoms with van der Waals surface area (Å²) in [5.74, 6) is 1.05. The Kier molecular flexibility index (Phi) is 13.0. The molecule has 46 heavy (non-hydrogen) atoms. The molecule has 3 aliphatic rings. The number of β-amino-alcohol motifs (C(OH)–C–C–N with tert-alkyl or cyclic N) is 1. The number of hydrogen-bond acceptors (Lipinski definition) is 7. The molecule has 2 aliphatic heterocycles. The molecule has 0 bridgehead atoms. The Labute approximate surface area is 281 Å². The highest BCUT2D eigenvalue weighted by Crippen LogP contribution is 2.39. The van der Waals surface area contributed by atoms with Crippen molar-refractivity contribution in [3.05, 3.63) is 30.3 Å². The van der Waals surface area contributed by atoms with Crippen LogP contribution in [-0.4, -0.2) is 101 Å². The monoisotopic (exact) mass is 657 g/mol. The van der Waals surface area contributed by atoms with Crippen molar-refractivity contribution in [2.24, 2.45) is 17.3 Å². The summed E-state index contributed by atoms with van der Waals surface area (Å²) in [6, 6.07) is 8.29. The highest BCUT2D eigenvalue weighted by atomic mass is 32.2. The van der Waals surface area contributed by atoms with Crippen LogP contribution in [0.2, 0.25) is 0 Å². The van der Waals surface area contributed by atoms with Crippen LogP contribution in [0.5, 0.6) is 0 Å². The molecule has 1 aromatic carbocycles. The Morgan fingerprint density at radius 1 is 0.935 bits per heavy atom. The lowest BCUT2D eigenvalue weighted by Crippen LogP contribution is -2.62. The molecule has 3 fully saturated rings. The first kappa shape index (κ1) is 36.7. The zero-order valence-electron chi connectivity index (χ0n) is 29.0. The Hall–Kier alpha value is -2.14. The van der Waals surface area contributed by atoms with Gasteiger partial charge in [-0.3, -0.25) is 24.2 Å². The van der Waals surface area contributed by atoms with Crippen LogP contribution in [-0.2, 0) is 14.4 Å². The van der Waals surface area contributed by atoms with Gasteiger partial charge in [-0.2, -0.15) is 0 Å². The molecule has 9 nitrogen and oxygen atoms in total. The van der Waals surface area contributed by atoms with E-state index in [-0.39, 0.29) is 42.4 Å². The summed E-state index contributed by atoms with van der Waals surface area (Å²) in [6.07, 6.45) is 6.80. The third-order valence-electron chi connectivity index (χ3n) is 9.69. The number of hydrogen-bond donors (Lipinski definition) is 4. The van der Waals surface area contributed by atoms with Gasteiger partial charge < -0.3 is 21.1 Å². The van der Waals surface area contributed by atoms with Gasteiger partial charge in [0.15, 0.2) is 0 Å². The lowest BCUT2D eigenvalue weighted by atomic mass is 9.72. The number of carbonyl (C=O) groups is 3. The average molecular weight is 658 g/mol. The van der Waals surface area contributed by atoms with E-state index in [4.69, 9.17) is 0 Å². The molecular weight excluding hydrogens is 598 g/mol. The normalized spacial score (nSPS) is 24.8. The molecule has 6 atom stereocenters. The molecule has 2 saturated heterocycles. The van der Waals surface area contributed by atoms with Crippen LogP contribution in [0.3, 0.4) is 0 Å². The zero-order valence-corrected chi connectivity index (χ0v) is 29.8. The van der Waals surface area contributed by atoms with Crippen LogP contribution < -0.4 is 16.0 Å². The van der Waals surface area contributed by atoms with Crippen LogP contribution in [0.1, 0.15) is 86.5 Å². The highest BCUT2D eigenvalue weighted by Gasteiger charge is 2.42. The van der Waals surface area contributed by atoms with Gasteiger partial charge in [-0.05, 0) is 88.9 Å². The Morgan fingerprint density at radius 2 is 1.59 bits per heavy atom. The first-order chi connectivity index (χ1) is 21.7. The smallest absolute Gasteiger partial charge is 0.243 e. The maximum atomic E-state index is 14.0. The third kappa shape index (κ3) is 11.0. The summed E-state index contributed by atoms with van der Waals surface area (Å²) < 4.78 is 0. The number of amides is 3. The molecule has 4 rings (SSSR count). The molecule has 0 radical (unpaired) electrons. The van der Waals surface area contributed by atoms with Gasteiger partial charge in [0.2, 0.25) is 17.7 Å². The lowest BCUT2D eigenvalue weighted by molar-refractivity contribution is -0.134. The van der Waals surface area contributed by atoms with Crippen molar-refractivity contribution in [1.82, 2.24) is 25.8 Å². The van der Waals surface area contributed by atoms with Crippen molar-refractivity contribution in [3.8, 4) is 0 Å². The SMILES string of the molecule is CC(C)(C)NC(=O)[C@@H]1CC2CCCCC2CN1C[C@@H](O)[C@H](CSc1ccccc1)NC(=O)[C@@H](NC(=O)CN1CCCC1)C(C)(C)C. The first-order valence-corrected chi connectivity index (χ1v) is 18.4. The van der Waals surface area contributed by atoms with Crippen LogP contribution in [0, 0.1) is 17.3 Å². The predicted octanol–water partition coefficient (Wildman–Crippen LogP) is 4.05. The van der Waals surface area contributed by atoms with Crippen molar-refractivity contribution < 1.29 is 19.5 Å². The fourth-order valence-electron chi connectivity index (χ4n) is 7.24. The minimum atomic E-state index is -0.911. The standard InChI is InChI=1S/C36H59N5O4S/c1-35(2,3)32(38-31(43)23-40-18-12-13-19-40)34(45)37-28(24-46-27-16-8-7-9-17-27)30(42)22-41-21-26-15-11-10-14-25(26)20-29(41)33(44)39-36(4,5)6/h7-9,16-17,25-26,28-30,32,42H,10-15,18-24H2,1-6H3,(H,37,45)(H,38,43)(H,39,44)/t25?,26?,28-,29-,30+,32+/m0/s1. The van der Waals surface area contributed by atoms with Crippen molar-refractivity contribution in [2.45, 2.75) is 121 Å². The fourth-order valence-corrected chi connectivity index (χ4v) is 8.27. The first-order valence-electron chi connectivity index (χ1n) is 17.4. The third-order valence-corrected chi connectivity index (χ3v) is 10.8. The maximum absolute atomic E-state index is 14.0. The molecule has 1 saturated carbocycles. The second-order valence-electron chi connectivity index (χ2n) is 15.9. The average Bonchev–Trinajstić information content (AvgIpc) is 3.49. The largest absolute Gasteiger partial charge is 0.390 e. The number of carbonyl (C=O) groups excluding carboxylic acids is 3. The second-order valence-corrected chi connectivity index (χ2v) is 17.0. The Balaban J connectivity index is 1.51. The molecule has 2 unspecified atom stereocenters. The molecule has 3 amide bonds. The quantitative estimate of drug-likeness (QED) is 0.251. The number of fused-ring (bicyclic) bond motifs is 1. The highest BCUT2D eigenvalue weighted by molar-refractivity contribution is 7.99. The molecule has 1 aliphatic carbocycles. The van der Waals surface area contributed by atoms with Crippen molar-refractivity contribution in [3.63, 3.8) is 0 Å². The van der Waals surface area contributed by atoms with Gasteiger partial charge in [-0.15, -0.1) is 11.8 Å². The van der Waals surface area contributed by atoms with E-state index in [0.717, 1.165) is 56.6 Å². The molecule has 4 N–H and O–H groups in total. The number of benzene rings is 1. The van der Waals surface area contributed by atoms with Gasteiger partial charge in [-0.1, -0.05) is 58.2 Å². The van der Waals surface area contributed by atoms with E-state index in [1.54, 1.807) is 11.8 Å². The van der Waals surface area contributed by atoms with Crippen LogP contribution in [0.4, 0.5) is 0 Å². The zero-order chi connectivity index (χ0) is 33.5. The summed E-state index contributed by atoms with van der Waals surface area (Å²) in [4.78, 5) is 46.0. The van der Waals surface area contributed by atoms with Crippen LogP contribution >= 0.6 is 11.8 Å². The van der Waals surface area contributed by atoms with E-state index in [1.165, 1.54) is 12.8 Å². The van der Waals surface area contributed by atoms with E-state index in [0.29, 0.717) is 17.6 Å². The second kappa shape index (κ2) is 16.3. The van der Waals surface area contributed by atoms with E-state index in [9.17, 15) is 19.5 Å². The number of nitrogens with zero attached hydrogens (tertiary/aromatic N) is 2. The van der Waals surface area contributed by atoms with E-state index < -0.39 is 23.6 Å².